The Morgan fingerprint density at radius 1 is 0.714 bits per heavy atom. The fourth-order valence-electron chi connectivity index (χ4n) is 2.82. The lowest BCUT2D eigenvalue weighted by Crippen LogP contribution is -2.12. The van der Waals surface area contributed by atoms with E-state index >= 15 is 0 Å². The maximum Gasteiger partial charge on any atom is 0.249 e. The highest BCUT2D eigenvalue weighted by Crippen LogP contribution is 2.25. The molecule has 2 aliphatic heterocycles. The number of aryl methyl sites for hydroxylation is 1. The van der Waals surface area contributed by atoms with Crippen LogP contribution in [0.15, 0.2) is 85.2 Å². The summed E-state index contributed by atoms with van der Waals surface area (Å²) in [5.74, 6) is -0.217. The number of hydrogen-bond donors (Lipinski definition) is 2. The molecule has 0 saturated carbocycles. The summed E-state index contributed by atoms with van der Waals surface area (Å²) < 4.78 is 0. The van der Waals surface area contributed by atoms with Crippen molar-refractivity contribution in [1.29, 1.82) is 0 Å². The van der Waals surface area contributed by atoms with Crippen LogP contribution in [-0.4, -0.2) is 11.8 Å². The second-order valence-corrected chi connectivity index (χ2v) is 6.86. The standard InChI is InChI=1S/C12H11NO.C11H8ClNO/c1-8-3-5-10(6-4-8)11-7-12(14)13-9(11)2;1-7-10(6-11(14)13-7)8-2-4-9(12)5-3-8/h3-7H,2H2,1H3,(H,13,14);2-6H,1H2,(H,13,14). The molecule has 0 spiro atoms. The van der Waals surface area contributed by atoms with Crippen LogP contribution in [0.25, 0.3) is 11.1 Å². The summed E-state index contributed by atoms with van der Waals surface area (Å²) in [6.07, 6.45) is 3.11. The zero-order chi connectivity index (χ0) is 20.3. The van der Waals surface area contributed by atoms with Gasteiger partial charge in [0.25, 0.3) is 0 Å². The van der Waals surface area contributed by atoms with Crippen LogP contribution >= 0.6 is 11.6 Å². The minimum absolute atomic E-state index is 0.0921. The Morgan fingerprint density at radius 3 is 1.46 bits per heavy atom. The van der Waals surface area contributed by atoms with Crippen molar-refractivity contribution in [2.45, 2.75) is 6.92 Å². The second kappa shape index (κ2) is 8.11. The molecule has 0 bridgehead atoms. The third kappa shape index (κ3) is 4.48. The van der Waals surface area contributed by atoms with E-state index < -0.39 is 0 Å². The Kier molecular flexibility index (Phi) is 5.62. The van der Waals surface area contributed by atoms with E-state index in [0.29, 0.717) is 16.4 Å². The maximum atomic E-state index is 11.1. The normalized spacial score (nSPS) is 15.4. The molecular formula is C23H19ClN2O2. The zero-order valence-corrected chi connectivity index (χ0v) is 16.1. The smallest absolute Gasteiger partial charge is 0.249 e. The van der Waals surface area contributed by atoms with Gasteiger partial charge in [0.1, 0.15) is 0 Å². The van der Waals surface area contributed by atoms with Gasteiger partial charge in [-0.05, 0) is 30.2 Å². The summed E-state index contributed by atoms with van der Waals surface area (Å²) in [5.41, 5.74) is 6.20. The summed E-state index contributed by atoms with van der Waals surface area (Å²) >= 11 is 5.76. The molecule has 2 aromatic carbocycles. The number of hydrogen-bond acceptors (Lipinski definition) is 2. The van der Waals surface area contributed by atoms with Crippen LogP contribution in [0.1, 0.15) is 16.7 Å². The summed E-state index contributed by atoms with van der Waals surface area (Å²) in [5, 5.41) is 5.95. The summed E-state index contributed by atoms with van der Waals surface area (Å²) in [6, 6.07) is 15.3. The van der Waals surface area contributed by atoms with Crippen molar-refractivity contribution >= 4 is 34.6 Å². The number of benzene rings is 2. The predicted molar refractivity (Wildman–Crippen MR) is 113 cm³/mol. The van der Waals surface area contributed by atoms with Crippen LogP contribution in [0.2, 0.25) is 5.02 Å². The minimum Gasteiger partial charge on any atom is -0.322 e. The molecule has 2 aliphatic rings. The van der Waals surface area contributed by atoms with Gasteiger partial charge in [0.2, 0.25) is 11.8 Å². The van der Waals surface area contributed by atoms with Gasteiger partial charge in [-0.2, -0.15) is 0 Å². The topological polar surface area (TPSA) is 58.2 Å². The molecule has 2 N–H and O–H groups in total. The first-order chi connectivity index (χ1) is 13.3. The van der Waals surface area contributed by atoms with Crippen molar-refractivity contribution in [2.75, 3.05) is 0 Å². The molecular weight excluding hydrogens is 372 g/mol. The first-order valence-corrected chi connectivity index (χ1v) is 8.98. The predicted octanol–water partition coefficient (Wildman–Crippen LogP) is 4.39. The van der Waals surface area contributed by atoms with Crippen molar-refractivity contribution in [3.63, 3.8) is 0 Å². The number of rotatable bonds is 2. The molecule has 2 amide bonds. The van der Waals surface area contributed by atoms with Crippen LogP contribution in [0.3, 0.4) is 0 Å². The lowest BCUT2D eigenvalue weighted by molar-refractivity contribution is -0.116. The molecule has 0 atom stereocenters. The average molecular weight is 391 g/mol. The summed E-state index contributed by atoms with van der Waals surface area (Å²) in [7, 11) is 0. The zero-order valence-electron chi connectivity index (χ0n) is 15.4. The number of allylic oxidation sites excluding steroid dienone is 2. The van der Waals surface area contributed by atoms with Crippen LogP contribution in [0.4, 0.5) is 0 Å². The van der Waals surface area contributed by atoms with Gasteiger partial charge in [-0.1, -0.05) is 66.7 Å². The number of carbonyl (C=O) groups excluding carboxylic acids is 2. The van der Waals surface area contributed by atoms with Crippen LogP contribution in [0.5, 0.6) is 0 Å². The molecule has 140 valence electrons. The minimum atomic E-state index is -0.125. The van der Waals surface area contributed by atoms with Gasteiger partial charge >= 0.3 is 0 Å². The van der Waals surface area contributed by atoms with Gasteiger partial charge in [0.15, 0.2) is 0 Å². The van der Waals surface area contributed by atoms with Crippen LogP contribution < -0.4 is 10.6 Å². The Hall–Kier alpha value is -3.37. The SMILES string of the molecule is C=C1NC(=O)C=C1c1ccc(C)cc1.C=C1NC(=O)C=C1c1ccc(Cl)cc1. The van der Waals surface area contributed by atoms with E-state index in [-0.39, 0.29) is 11.8 Å². The van der Waals surface area contributed by atoms with E-state index in [1.165, 1.54) is 11.6 Å². The lowest BCUT2D eigenvalue weighted by atomic mass is 10.0. The van der Waals surface area contributed by atoms with Crippen molar-refractivity contribution in [2.24, 2.45) is 0 Å². The fourth-order valence-corrected chi connectivity index (χ4v) is 2.94. The van der Waals surface area contributed by atoms with Crippen molar-refractivity contribution in [1.82, 2.24) is 10.6 Å². The number of nitrogens with one attached hydrogen (secondary N) is 2. The molecule has 0 unspecified atom stereocenters. The highest BCUT2D eigenvalue weighted by Gasteiger charge is 2.17. The molecule has 0 aromatic heterocycles. The van der Waals surface area contributed by atoms with E-state index in [0.717, 1.165) is 22.3 Å². The molecule has 0 radical (unpaired) electrons. The van der Waals surface area contributed by atoms with Gasteiger partial charge in [-0.25, -0.2) is 0 Å². The Labute approximate surface area is 168 Å². The molecule has 28 heavy (non-hydrogen) atoms. The second-order valence-electron chi connectivity index (χ2n) is 6.42. The van der Waals surface area contributed by atoms with E-state index in [9.17, 15) is 9.59 Å². The van der Waals surface area contributed by atoms with Gasteiger partial charge in [-0.15, -0.1) is 0 Å². The van der Waals surface area contributed by atoms with E-state index in [1.54, 1.807) is 18.2 Å². The summed E-state index contributed by atoms with van der Waals surface area (Å²) in [6.45, 7) is 9.57. The molecule has 0 aliphatic carbocycles. The van der Waals surface area contributed by atoms with Crippen LogP contribution in [0, 0.1) is 6.92 Å². The van der Waals surface area contributed by atoms with E-state index in [1.807, 2.05) is 43.3 Å². The Balaban J connectivity index is 0.000000161. The quantitative estimate of drug-likeness (QED) is 0.799. The number of halogens is 1. The fraction of sp³-hybridized carbons (Fsp3) is 0.0435. The first-order valence-electron chi connectivity index (χ1n) is 8.60. The maximum absolute atomic E-state index is 11.1. The first kappa shape index (κ1) is 19.4. The number of carbonyl (C=O) groups is 2. The van der Waals surface area contributed by atoms with Gasteiger partial charge in [0.05, 0.1) is 0 Å². The molecule has 2 aromatic rings. The lowest BCUT2D eigenvalue weighted by Gasteiger charge is -2.03. The highest BCUT2D eigenvalue weighted by atomic mass is 35.5. The summed E-state index contributed by atoms with van der Waals surface area (Å²) in [4.78, 5) is 22.1. The van der Waals surface area contributed by atoms with Crippen molar-refractivity contribution < 1.29 is 9.59 Å². The molecule has 4 nitrogen and oxygen atoms in total. The largest absolute Gasteiger partial charge is 0.322 e. The van der Waals surface area contributed by atoms with Crippen molar-refractivity contribution in [3.05, 3.63) is 107 Å². The van der Waals surface area contributed by atoms with Crippen molar-refractivity contribution in [3.8, 4) is 0 Å². The molecule has 4 rings (SSSR count). The molecule has 0 fully saturated rings. The third-order valence-electron chi connectivity index (χ3n) is 4.27. The third-order valence-corrected chi connectivity index (χ3v) is 4.52. The highest BCUT2D eigenvalue weighted by molar-refractivity contribution is 6.30. The van der Waals surface area contributed by atoms with Crippen LogP contribution in [-0.2, 0) is 9.59 Å². The van der Waals surface area contributed by atoms with Gasteiger partial charge in [0, 0.05) is 39.7 Å². The Morgan fingerprint density at radius 2 is 1.11 bits per heavy atom. The van der Waals surface area contributed by atoms with Gasteiger partial charge in [-0.3, -0.25) is 9.59 Å². The van der Waals surface area contributed by atoms with E-state index in [4.69, 9.17) is 11.6 Å². The monoisotopic (exact) mass is 390 g/mol. The average Bonchev–Trinajstić information content (AvgIpc) is 3.17. The van der Waals surface area contributed by atoms with Gasteiger partial charge < -0.3 is 10.6 Å². The Bertz CT molecular complexity index is 944. The molecule has 5 heteroatoms. The molecule has 0 saturated heterocycles. The number of amides is 2. The molecule has 2 heterocycles. The van der Waals surface area contributed by atoms with E-state index in [2.05, 4.69) is 23.8 Å².